The third-order valence-electron chi connectivity index (χ3n) is 6.77. The topological polar surface area (TPSA) is 6.48 Å². The molecular weight excluding hydrogens is 388 g/mol. The van der Waals surface area contributed by atoms with E-state index in [2.05, 4.69) is 114 Å². The Morgan fingerprint density at radius 2 is 1.09 bits per heavy atom. The minimum absolute atomic E-state index is 0.223. The highest BCUT2D eigenvalue weighted by Gasteiger charge is 2.39. The number of fused-ring (bicyclic) bond motifs is 1. The quantitative estimate of drug-likeness (QED) is 0.453. The highest BCUT2D eigenvalue weighted by molar-refractivity contribution is 5.40. The summed E-state index contributed by atoms with van der Waals surface area (Å²) in [5.74, 6) is 0. The van der Waals surface area contributed by atoms with Crippen molar-refractivity contribution in [3.8, 4) is 0 Å². The highest BCUT2D eigenvalue weighted by Crippen LogP contribution is 2.44. The van der Waals surface area contributed by atoms with Crippen molar-refractivity contribution < 1.29 is 0 Å². The van der Waals surface area contributed by atoms with Gasteiger partial charge in [-0.05, 0) is 33.4 Å². The normalized spacial score (nSPS) is 19.8. The van der Waals surface area contributed by atoms with E-state index in [-0.39, 0.29) is 12.1 Å². The minimum Gasteiger partial charge on any atom is -0.286 e. The summed E-state index contributed by atoms with van der Waals surface area (Å²) < 4.78 is 0. The van der Waals surface area contributed by atoms with Crippen molar-refractivity contribution in [1.29, 1.82) is 0 Å². The van der Waals surface area contributed by atoms with Gasteiger partial charge in [-0.1, -0.05) is 110 Å². The molecule has 0 radical (unpaired) electrons. The molecule has 2 heterocycles. The van der Waals surface area contributed by atoms with E-state index in [4.69, 9.17) is 0 Å². The van der Waals surface area contributed by atoms with Crippen LogP contribution in [0, 0.1) is 0 Å². The Morgan fingerprint density at radius 1 is 0.625 bits per heavy atom. The molecule has 2 aliphatic rings. The summed E-state index contributed by atoms with van der Waals surface area (Å²) in [7, 11) is 0. The predicted octanol–water partition coefficient (Wildman–Crippen LogP) is 6.47. The van der Waals surface area contributed by atoms with E-state index in [1.807, 2.05) is 6.08 Å². The van der Waals surface area contributed by atoms with Crippen LogP contribution in [0.15, 0.2) is 121 Å². The van der Waals surface area contributed by atoms with Crippen molar-refractivity contribution in [1.82, 2.24) is 9.80 Å². The smallest absolute Gasteiger partial charge is 0.0552 e. The van der Waals surface area contributed by atoms with Crippen LogP contribution in [0.2, 0.25) is 0 Å². The fourth-order valence-electron chi connectivity index (χ4n) is 5.28. The molecule has 2 unspecified atom stereocenters. The molecule has 0 bridgehead atoms. The zero-order valence-electron chi connectivity index (χ0n) is 18.5. The Balaban J connectivity index is 1.60. The van der Waals surface area contributed by atoms with Crippen molar-refractivity contribution in [2.75, 3.05) is 13.1 Å². The van der Waals surface area contributed by atoms with Crippen LogP contribution in [-0.2, 0) is 13.1 Å². The minimum atomic E-state index is 0.223. The van der Waals surface area contributed by atoms with Gasteiger partial charge in [-0.3, -0.25) is 9.80 Å². The van der Waals surface area contributed by atoms with Gasteiger partial charge >= 0.3 is 0 Å². The molecule has 2 atom stereocenters. The van der Waals surface area contributed by atoms with Crippen LogP contribution in [0.1, 0.15) is 34.3 Å². The summed E-state index contributed by atoms with van der Waals surface area (Å²) in [6.07, 6.45) is 4.00. The van der Waals surface area contributed by atoms with Gasteiger partial charge in [-0.15, -0.1) is 0 Å². The van der Waals surface area contributed by atoms with Crippen LogP contribution in [0.3, 0.4) is 0 Å². The molecular formula is C30H30N2. The Hall–Kier alpha value is -3.20. The molecule has 3 aromatic rings. The number of likely N-dealkylation sites (tertiary alicyclic amines) is 1. The fraction of sp³-hybridized carbons (Fsp3) is 0.200. The molecule has 1 saturated heterocycles. The summed E-state index contributed by atoms with van der Waals surface area (Å²) >= 11 is 0. The van der Waals surface area contributed by atoms with Crippen LogP contribution in [0.5, 0.6) is 0 Å². The molecule has 2 heteroatoms. The van der Waals surface area contributed by atoms with Gasteiger partial charge in [0, 0.05) is 26.2 Å². The molecule has 2 nitrogen and oxygen atoms in total. The van der Waals surface area contributed by atoms with E-state index in [9.17, 15) is 0 Å². The molecule has 0 aromatic heterocycles. The Kier molecular flexibility index (Phi) is 5.89. The number of hydrogen-bond donors (Lipinski definition) is 0. The fourth-order valence-corrected chi connectivity index (χ4v) is 5.28. The first kappa shape index (κ1) is 20.7. The molecule has 0 N–H and O–H groups in total. The molecule has 3 aromatic carbocycles. The molecule has 32 heavy (non-hydrogen) atoms. The summed E-state index contributed by atoms with van der Waals surface area (Å²) in [4.78, 5) is 5.24. The molecule has 5 rings (SSSR count). The Bertz CT molecular complexity index is 1100. The van der Waals surface area contributed by atoms with Gasteiger partial charge in [0.2, 0.25) is 0 Å². The van der Waals surface area contributed by atoms with Gasteiger partial charge in [0.15, 0.2) is 0 Å². The average Bonchev–Trinajstić information content (AvgIpc) is 3.42. The maximum absolute atomic E-state index is 4.37. The van der Waals surface area contributed by atoms with Gasteiger partial charge in [-0.25, -0.2) is 0 Å². The van der Waals surface area contributed by atoms with E-state index in [1.54, 1.807) is 0 Å². The third-order valence-corrected chi connectivity index (χ3v) is 6.77. The molecule has 160 valence electrons. The van der Waals surface area contributed by atoms with Gasteiger partial charge in [0.25, 0.3) is 0 Å². The number of benzene rings is 3. The molecule has 0 saturated carbocycles. The van der Waals surface area contributed by atoms with Gasteiger partial charge in [-0.2, -0.15) is 0 Å². The molecule has 0 amide bonds. The number of rotatable bonds is 6. The van der Waals surface area contributed by atoms with E-state index in [0.29, 0.717) is 0 Å². The van der Waals surface area contributed by atoms with Crippen molar-refractivity contribution in [2.24, 2.45) is 0 Å². The monoisotopic (exact) mass is 418 g/mol. The first-order valence-corrected chi connectivity index (χ1v) is 11.4. The number of hydrogen-bond acceptors (Lipinski definition) is 2. The SMILES string of the molecule is C=C/C=C1/CN(C(c2ccccc2)C(c2ccccc2)N2Cc3ccccc3C2)CC1=C. The lowest BCUT2D eigenvalue weighted by Crippen LogP contribution is -2.38. The van der Waals surface area contributed by atoms with Crippen molar-refractivity contribution in [3.63, 3.8) is 0 Å². The van der Waals surface area contributed by atoms with Crippen LogP contribution < -0.4 is 0 Å². The zero-order chi connectivity index (χ0) is 21.9. The summed E-state index contributed by atoms with van der Waals surface area (Å²) in [6.45, 7) is 12.0. The second-order valence-electron chi connectivity index (χ2n) is 8.82. The van der Waals surface area contributed by atoms with Crippen molar-refractivity contribution in [3.05, 3.63) is 144 Å². The molecule has 1 fully saturated rings. The van der Waals surface area contributed by atoms with Crippen LogP contribution in [-0.4, -0.2) is 22.9 Å². The van der Waals surface area contributed by atoms with Crippen molar-refractivity contribution >= 4 is 0 Å². The first-order valence-electron chi connectivity index (χ1n) is 11.4. The third kappa shape index (κ3) is 4.00. The highest BCUT2D eigenvalue weighted by atomic mass is 15.3. The number of allylic oxidation sites excluding steroid dienone is 2. The van der Waals surface area contributed by atoms with E-state index < -0.39 is 0 Å². The number of nitrogens with zero attached hydrogens (tertiary/aromatic N) is 2. The van der Waals surface area contributed by atoms with Gasteiger partial charge < -0.3 is 0 Å². The first-order chi connectivity index (χ1) is 15.7. The Morgan fingerprint density at radius 3 is 1.59 bits per heavy atom. The summed E-state index contributed by atoms with van der Waals surface area (Å²) in [5, 5.41) is 0. The van der Waals surface area contributed by atoms with E-state index in [0.717, 1.165) is 26.2 Å². The van der Waals surface area contributed by atoms with Gasteiger partial charge in [0.05, 0.1) is 12.1 Å². The van der Waals surface area contributed by atoms with Crippen molar-refractivity contribution in [2.45, 2.75) is 25.2 Å². The predicted molar refractivity (Wildman–Crippen MR) is 133 cm³/mol. The second-order valence-corrected chi connectivity index (χ2v) is 8.82. The molecule has 0 aliphatic carbocycles. The van der Waals surface area contributed by atoms with Gasteiger partial charge in [0.1, 0.15) is 0 Å². The maximum atomic E-state index is 4.37. The Labute approximate surface area is 191 Å². The summed E-state index contributed by atoms with van der Waals surface area (Å²) in [6, 6.07) is 31.3. The lowest BCUT2D eigenvalue weighted by Gasteiger charge is -2.40. The van der Waals surface area contributed by atoms with Crippen LogP contribution >= 0.6 is 0 Å². The van der Waals surface area contributed by atoms with Crippen LogP contribution in [0.25, 0.3) is 0 Å². The lowest BCUT2D eigenvalue weighted by molar-refractivity contribution is 0.0921. The molecule has 2 aliphatic heterocycles. The second kappa shape index (κ2) is 9.12. The largest absolute Gasteiger partial charge is 0.286 e. The zero-order valence-corrected chi connectivity index (χ0v) is 18.5. The lowest BCUT2D eigenvalue weighted by atomic mass is 9.91. The van der Waals surface area contributed by atoms with E-state index >= 15 is 0 Å². The maximum Gasteiger partial charge on any atom is 0.0552 e. The summed E-state index contributed by atoms with van der Waals surface area (Å²) in [5.41, 5.74) is 8.09. The van der Waals surface area contributed by atoms with Crippen LogP contribution in [0.4, 0.5) is 0 Å². The van der Waals surface area contributed by atoms with E-state index in [1.165, 1.54) is 33.4 Å². The average molecular weight is 419 g/mol. The molecule has 0 spiro atoms. The standard InChI is InChI=1S/C30H30N2/c1-3-12-26-20-31(19-23(26)2)29(24-13-6-4-7-14-24)30(25-15-8-5-9-16-25)32-21-27-17-10-11-18-28(27)22-32/h3-18,29-30H,1-2,19-22H2/b26-12-.